The summed E-state index contributed by atoms with van der Waals surface area (Å²) in [5.41, 5.74) is 19.6. The van der Waals surface area contributed by atoms with E-state index in [2.05, 4.69) is 34.6 Å². The molecule has 0 bridgehead atoms. The van der Waals surface area contributed by atoms with E-state index in [0.29, 0.717) is 18.2 Å². The normalized spacial score (nSPS) is 13.3. The van der Waals surface area contributed by atoms with Crippen LogP contribution in [0.15, 0.2) is 79.0 Å². The van der Waals surface area contributed by atoms with E-state index < -0.39 is 0 Å². The molecule has 6 rings (SSSR count). The maximum atomic E-state index is 9.16. The Bertz CT molecular complexity index is 1590. The minimum atomic E-state index is -0.230. The van der Waals surface area contributed by atoms with E-state index in [9.17, 15) is 0 Å². The molecule has 8 nitrogen and oxygen atoms in total. The molecule has 1 aliphatic rings. The number of nitrogens with one attached hydrogen (secondary N) is 1. The van der Waals surface area contributed by atoms with E-state index in [4.69, 9.17) is 26.5 Å². The number of benzene rings is 2. The molecule has 40 heavy (non-hydrogen) atoms. The molecule has 0 radical (unpaired) electrons. The molecule has 0 unspecified atom stereocenters. The largest absolute Gasteiger partial charge is 0.395 e. The van der Waals surface area contributed by atoms with Crippen LogP contribution in [0.4, 0.5) is 11.5 Å². The van der Waals surface area contributed by atoms with Crippen LogP contribution >= 0.6 is 37.2 Å². The third-order valence-electron chi connectivity index (χ3n) is 7.13. The summed E-state index contributed by atoms with van der Waals surface area (Å²) >= 11 is 0. The number of anilines is 2. The first-order valence-electron chi connectivity index (χ1n) is 12.5. The molecule has 1 fully saturated rings. The molecule has 0 spiro atoms. The standard InChI is InChI=1S/C29H29N7O.3ClH/c30-26-23(6-2-15-33-26)27-35-25-12-11-24(19-4-1-5-21(18-19)32-16-17-37)34-28(25)36(27)22-9-7-20(8-10-22)29(31)13-3-14-29;;;/h1-2,4-12,15,18,32,37H,3,13-14,16-17,31H2,(H2,30,33);3*1H. The number of aromatic nitrogens is 4. The summed E-state index contributed by atoms with van der Waals surface area (Å²) in [7, 11) is 0. The van der Waals surface area contributed by atoms with Gasteiger partial charge in [-0.3, -0.25) is 4.57 Å². The second-order valence-corrected chi connectivity index (χ2v) is 9.53. The maximum absolute atomic E-state index is 9.16. The third-order valence-corrected chi connectivity index (χ3v) is 7.13. The zero-order valence-electron chi connectivity index (χ0n) is 21.7. The number of aliphatic hydroxyl groups is 1. The lowest BCUT2D eigenvalue weighted by Gasteiger charge is -2.38. The minimum Gasteiger partial charge on any atom is -0.395 e. The molecule has 0 amide bonds. The molecule has 3 heterocycles. The van der Waals surface area contributed by atoms with E-state index in [1.54, 1.807) is 6.20 Å². The van der Waals surface area contributed by atoms with Crippen molar-refractivity contribution in [2.24, 2.45) is 5.73 Å². The van der Waals surface area contributed by atoms with E-state index >= 15 is 0 Å². The average molecular weight is 601 g/mol. The quantitative estimate of drug-likeness (QED) is 0.188. The van der Waals surface area contributed by atoms with Crippen molar-refractivity contribution >= 4 is 59.9 Å². The minimum absolute atomic E-state index is 0. The van der Waals surface area contributed by atoms with Crippen LogP contribution in [0.1, 0.15) is 24.8 Å². The van der Waals surface area contributed by atoms with Crippen molar-refractivity contribution in [1.82, 2.24) is 19.5 Å². The van der Waals surface area contributed by atoms with Crippen molar-refractivity contribution in [3.05, 3.63) is 84.6 Å². The zero-order valence-corrected chi connectivity index (χ0v) is 24.1. The Hall–Kier alpha value is -3.40. The number of halogens is 3. The summed E-state index contributed by atoms with van der Waals surface area (Å²) in [6.07, 6.45) is 4.86. The van der Waals surface area contributed by atoms with Crippen LogP contribution in [0.3, 0.4) is 0 Å². The highest BCUT2D eigenvalue weighted by Crippen LogP contribution is 2.39. The Kier molecular flexibility index (Phi) is 10.00. The van der Waals surface area contributed by atoms with E-state index in [1.165, 1.54) is 0 Å². The topological polar surface area (TPSA) is 128 Å². The van der Waals surface area contributed by atoms with Gasteiger partial charge in [-0.1, -0.05) is 24.3 Å². The molecule has 0 saturated heterocycles. The Morgan fingerprint density at radius 3 is 2.38 bits per heavy atom. The Morgan fingerprint density at radius 2 is 1.70 bits per heavy atom. The average Bonchev–Trinajstić information content (AvgIpc) is 3.29. The Balaban J connectivity index is 0.00000147. The molecule has 5 aromatic rings. The van der Waals surface area contributed by atoms with Crippen molar-refractivity contribution in [2.45, 2.75) is 24.8 Å². The highest BCUT2D eigenvalue weighted by molar-refractivity contribution is 5.86. The molecule has 3 aromatic heterocycles. The second-order valence-electron chi connectivity index (χ2n) is 9.53. The summed E-state index contributed by atoms with van der Waals surface area (Å²) in [5.74, 6) is 1.09. The van der Waals surface area contributed by atoms with Gasteiger partial charge < -0.3 is 21.9 Å². The summed E-state index contributed by atoms with van der Waals surface area (Å²) in [5, 5.41) is 12.4. The van der Waals surface area contributed by atoms with Gasteiger partial charge in [-0.05, 0) is 73.4 Å². The Labute approximate surface area is 251 Å². The number of hydrogen-bond donors (Lipinski definition) is 4. The molecule has 1 saturated carbocycles. The SMILES string of the molecule is Cl.Cl.Cl.Nc1ncccc1-c1nc2ccc(-c3cccc(NCCO)c3)nc2n1-c1ccc(C2(N)CCC2)cc1. The monoisotopic (exact) mass is 599 g/mol. The van der Waals surface area contributed by atoms with Gasteiger partial charge >= 0.3 is 0 Å². The van der Waals surface area contributed by atoms with Gasteiger partial charge in [-0.15, -0.1) is 37.2 Å². The molecule has 210 valence electrons. The maximum Gasteiger partial charge on any atom is 0.165 e. The van der Waals surface area contributed by atoms with E-state index in [1.807, 2.05) is 53.1 Å². The van der Waals surface area contributed by atoms with Gasteiger partial charge in [0, 0.05) is 35.2 Å². The summed E-state index contributed by atoms with van der Waals surface area (Å²) in [6, 6.07) is 24.1. The predicted octanol–water partition coefficient (Wildman–Crippen LogP) is 5.74. The van der Waals surface area contributed by atoms with Crippen LogP contribution in [-0.2, 0) is 5.54 Å². The van der Waals surface area contributed by atoms with Crippen LogP contribution < -0.4 is 16.8 Å². The van der Waals surface area contributed by atoms with Crippen LogP contribution in [-0.4, -0.2) is 37.8 Å². The molecule has 0 atom stereocenters. The predicted molar refractivity (Wildman–Crippen MR) is 169 cm³/mol. The fourth-order valence-electron chi connectivity index (χ4n) is 4.93. The first-order valence-corrected chi connectivity index (χ1v) is 12.5. The first kappa shape index (κ1) is 31.1. The van der Waals surface area contributed by atoms with Crippen LogP contribution in [0, 0.1) is 0 Å². The van der Waals surface area contributed by atoms with Gasteiger partial charge in [-0.2, -0.15) is 0 Å². The number of nitrogens with zero attached hydrogens (tertiary/aromatic N) is 4. The number of hydrogen-bond acceptors (Lipinski definition) is 7. The van der Waals surface area contributed by atoms with Crippen molar-refractivity contribution in [2.75, 3.05) is 24.2 Å². The molecular weight excluding hydrogens is 569 g/mol. The zero-order chi connectivity index (χ0) is 25.4. The van der Waals surface area contributed by atoms with Crippen molar-refractivity contribution < 1.29 is 5.11 Å². The summed E-state index contributed by atoms with van der Waals surface area (Å²) in [4.78, 5) is 14.3. The van der Waals surface area contributed by atoms with Crippen LogP contribution in [0.25, 0.3) is 39.5 Å². The number of nitrogens with two attached hydrogens (primary N) is 2. The van der Waals surface area contributed by atoms with Crippen LogP contribution in [0.5, 0.6) is 0 Å². The number of aliphatic hydroxyl groups excluding tert-OH is 1. The van der Waals surface area contributed by atoms with Gasteiger partial charge in [0.15, 0.2) is 11.5 Å². The molecule has 11 heteroatoms. The highest BCUT2D eigenvalue weighted by atomic mass is 35.5. The molecule has 2 aromatic carbocycles. The summed E-state index contributed by atoms with van der Waals surface area (Å²) < 4.78 is 2.04. The molecule has 6 N–H and O–H groups in total. The summed E-state index contributed by atoms with van der Waals surface area (Å²) in [6.45, 7) is 0.552. The van der Waals surface area contributed by atoms with Crippen LogP contribution in [0.2, 0.25) is 0 Å². The number of nitrogen functional groups attached to an aromatic ring is 1. The smallest absolute Gasteiger partial charge is 0.165 e. The number of fused-ring (bicyclic) bond motifs is 1. The van der Waals surface area contributed by atoms with Crippen molar-refractivity contribution in [3.8, 4) is 28.3 Å². The molecular formula is C29H32Cl3N7O. The fraction of sp³-hybridized carbons (Fsp3) is 0.207. The number of rotatable bonds is 7. The lowest BCUT2D eigenvalue weighted by molar-refractivity contribution is 0.253. The van der Waals surface area contributed by atoms with E-state index in [0.717, 1.165) is 64.2 Å². The van der Waals surface area contributed by atoms with Gasteiger partial charge in [0.05, 0.1) is 17.9 Å². The lowest BCUT2D eigenvalue weighted by Crippen LogP contribution is -2.43. The first-order chi connectivity index (χ1) is 18.1. The third kappa shape index (κ3) is 5.73. The number of pyridine rings is 2. The van der Waals surface area contributed by atoms with Gasteiger partial charge in [0.2, 0.25) is 0 Å². The van der Waals surface area contributed by atoms with Gasteiger partial charge in [0.25, 0.3) is 0 Å². The molecule has 0 aliphatic heterocycles. The Morgan fingerprint density at radius 1 is 0.925 bits per heavy atom. The van der Waals surface area contributed by atoms with E-state index in [-0.39, 0.29) is 49.4 Å². The number of imidazole rings is 1. The highest BCUT2D eigenvalue weighted by Gasteiger charge is 2.34. The lowest BCUT2D eigenvalue weighted by atomic mass is 9.73. The van der Waals surface area contributed by atoms with Crippen molar-refractivity contribution in [1.29, 1.82) is 0 Å². The second kappa shape index (κ2) is 12.8. The van der Waals surface area contributed by atoms with Gasteiger partial charge in [0.1, 0.15) is 11.3 Å². The van der Waals surface area contributed by atoms with Crippen molar-refractivity contribution in [3.63, 3.8) is 0 Å². The van der Waals surface area contributed by atoms with Gasteiger partial charge in [-0.25, -0.2) is 15.0 Å². The molecule has 1 aliphatic carbocycles. The fourth-order valence-corrected chi connectivity index (χ4v) is 4.93.